The van der Waals surface area contributed by atoms with E-state index in [1.807, 2.05) is 32.0 Å². The molecule has 2 N–H and O–H groups in total. The van der Waals surface area contributed by atoms with Gasteiger partial charge in [0.25, 0.3) is 0 Å². The van der Waals surface area contributed by atoms with Gasteiger partial charge in [-0.05, 0) is 49.9 Å². The summed E-state index contributed by atoms with van der Waals surface area (Å²) in [7, 11) is 0. The molecule has 0 saturated carbocycles. The molecule has 22 heavy (non-hydrogen) atoms. The van der Waals surface area contributed by atoms with Crippen LogP contribution in [-0.4, -0.2) is 22.1 Å². The van der Waals surface area contributed by atoms with Crippen LogP contribution in [0.5, 0.6) is 5.75 Å². The van der Waals surface area contributed by atoms with Crippen molar-refractivity contribution in [2.24, 2.45) is 11.7 Å². The van der Waals surface area contributed by atoms with Crippen LogP contribution in [0.4, 0.5) is 0 Å². The standard InChI is InChI=1S/C18H25N3O/c1-13(2)10-18(4,19)12-22-17-11-21-16(9-14(17)3)15-5-7-20-8-6-15/h5-9,11,13H,10,12,19H2,1-4H3. The summed E-state index contributed by atoms with van der Waals surface area (Å²) in [5.41, 5.74) is 8.98. The Bertz CT molecular complexity index is 609. The Balaban J connectivity index is 2.08. The number of ether oxygens (including phenoxy) is 1. The van der Waals surface area contributed by atoms with Crippen LogP contribution in [0.2, 0.25) is 0 Å². The van der Waals surface area contributed by atoms with E-state index in [0.717, 1.165) is 29.0 Å². The van der Waals surface area contributed by atoms with Gasteiger partial charge in [0.05, 0.1) is 11.9 Å². The van der Waals surface area contributed by atoms with Gasteiger partial charge in [-0.3, -0.25) is 9.97 Å². The minimum absolute atomic E-state index is 0.329. The maximum Gasteiger partial charge on any atom is 0.140 e. The number of aryl methyl sites for hydroxylation is 1. The fourth-order valence-corrected chi connectivity index (χ4v) is 2.61. The van der Waals surface area contributed by atoms with Gasteiger partial charge in [-0.15, -0.1) is 0 Å². The summed E-state index contributed by atoms with van der Waals surface area (Å²) in [5.74, 6) is 1.34. The second-order valence-electron chi connectivity index (χ2n) is 6.61. The van der Waals surface area contributed by atoms with Crippen LogP contribution in [-0.2, 0) is 0 Å². The molecule has 0 radical (unpaired) electrons. The third-order valence-corrected chi connectivity index (χ3v) is 3.47. The second kappa shape index (κ2) is 6.88. The van der Waals surface area contributed by atoms with Crippen molar-refractivity contribution in [3.63, 3.8) is 0 Å². The van der Waals surface area contributed by atoms with Crippen molar-refractivity contribution in [1.82, 2.24) is 9.97 Å². The molecular weight excluding hydrogens is 274 g/mol. The van der Waals surface area contributed by atoms with E-state index >= 15 is 0 Å². The highest BCUT2D eigenvalue weighted by atomic mass is 16.5. The Morgan fingerprint density at radius 3 is 2.55 bits per heavy atom. The minimum atomic E-state index is -0.329. The molecular formula is C18H25N3O. The van der Waals surface area contributed by atoms with Crippen molar-refractivity contribution in [3.8, 4) is 17.0 Å². The van der Waals surface area contributed by atoms with E-state index in [2.05, 4.69) is 23.8 Å². The lowest BCUT2D eigenvalue weighted by Crippen LogP contribution is -2.43. The maximum absolute atomic E-state index is 6.28. The highest BCUT2D eigenvalue weighted by Crippen LogP contribution is 2.24. The van der Waals surface area contributed by atoms with Crippen molar-refractivity contribution in [2.75, 3.05) is 6.61 Å². The van der Waals surface area contributed by atoms with E-state index in [0.29, 0.717) is 12.5 Å². The molecule has 0 aromatic carbocycles. The van der Waals surface area contributed by atoms with Gasteiger partial charge in [-0.1, -0.05) is 13.8 Å². The Hall–Kier alpha value is -1.94. The fraction of sp³-hybridized carbons (Fsp3) is 0.444. The zero-order chi connectivity index (χ0) is 16.2. The van der Waals surface area contributed by atoms with E-state index in [-0.39, 0.29) is 5.54 Å². The second-order valence-corrected chi connectivity index (χ2v) is 6.61. The molecule has 2 rings (SSSR count). The quantitative estimate of drug-likeness (QED) is 0.885. The highest BCUT2D eigenvalue weighted by Gasteiger charge is 2.21. The fourth-order valence-electron chi connectivity index (χ4n) is 2.61. The Morgan fingerprint density at radius 1 is 1.27 bits per heavy atom. The van der Waals surface area contributed by atoms with Crippen molar-refractivity contribution < 1.29 is 4.74 Å². The molecule has 1 unspecified atom stereocenters. The average Bonchev–Trinajstić information content (AvgIpc) is 2.45. The predicted molar refractivity (Wildman–Crippen MR) is 89.7 cm³/mol. The molecule has 2 aromatic rings. The van der Waals surface area contributed by atoms with Gasteiger partial charge in [0.15, 0.2) is 0 Å². The molecule has 0 aliphatic carbocycles. The number of hydrogen-bond donors (Lipinski definition) is 1. The molecule has 118 valence electrons. The van der Waals surface area contributed by atoms with Gasteiger partial charge in [0, 0.05) is 23.5 Å². The number of nitrogens with two attached hydrogens (primary N) is 1. The predicted octanol–water partition coefficient (Wildman–Crippen LogP) is 3.59. The number of aromatic nitrogens is 2. The Kier molecular flexibility index (Phi) is 5.14. The van der Waals surface area contributed by atoms with Gasteiger partial charge >= 0.3 is 0 Å². The molecule has 2 heterocycles. The molecule has 0 amide bonds. The molecule has 1 atom stereocenters. The topological polar surface area (TPSA) is 61.0 Å². The van der Waals surface area contributed by atoms with Gasteiger partial charge in [-0.25, -0.2) is 0 Å². The molecule has 0 fully saturated rings. The van der Waals surface area contributed by atoms with Gasteiger partial charge in [-0.2, -0.15) is 0 Å². The smallest absolute Gasteiger partial charge is 0.140 e. The number of hydrogen-bond acceptors (Lipinski definition) is 4. The van der Waals surface area contributed by atoms with Crippen LogP contribution in [0.1, 0.15) is 32.8 Å². The Morgan fingerprint density at radius 2 is 1.95 bits per heavy atom. The lowest BCUT2D eigenvalue weighted by Gasteiger charge is -2.27. The summed E-state index contributed by atoms with van der Waals surface area (Å²) < 4.78 is 5.89. The summed E-state index contributed by atoms with van der Waals surface area (Å²) in [6.07, 6.45) is 6.23. The normalized spacial score (nSPS) is 13.9. The third-order valence-electron chi connectivity index (χ3n) is 3.47. The van der Waals surface area contributed by atoms with E-state index in [9.17, 15) is 0 Å². The largest absolute Gasteiger partial charge is 0.490 e. The van der Waals surface area contributed by atoms with Crippen LogP contribution in [0, 0.1) is 12.8 Å². The van der Waals surface area contributed by atoms with Crippen LogP contribution in [0.25, 0.3) is 11.3 Å². The lowest BCUT2D eigenvalue weighted by molar-refractivity contribution is 0.205. The molecule has 0 saturated heterocycles. The summed E-state index contributed by atoms with van der Waals surface area (Å²) in [6, 6.07) is 5.92. The van der Waals surface area contributed by atoms with Crippen LogP contribution < -0.4 is 10.5 Å². The van der Waals surface area contributed by atoms with E-state index in [1.54, 1.807) is 18.6 Å². The lowest BCUT2D eigenvalue weighted by atomic mass is 9.93. The first-order chi connectivity index (χ1) is 10.4. The third kappa shape index (κ3) is 4.53. The molecule has 0 spiro atoms. The van der Waals surface area contributed by atoms with Crippen molar-refractivity contribution in [1.29, 1.82) is 0 Å². The van der Waals surface area contributed by atoms with Gasteiger partial charge in [0.1, 0.15) is 12.4 Å². The van der Waals surface area contributed by atoms with Crippen LogP contribution in [0.15, 0.2) is 36.8 Å². The summed E-state index contributed by atoms with van der Waals surface area (Å²) >= 11 is 0. The van der Waals surface area contributed by atoms with Crippen molar-refractivity contribution in [2.45, 2.75) is 39.7 Å². The zero-order valence-corrected chi connectivity index (χ0v) is 13.8. The van der Waals surface area contributed by atoms with Crippen LogP contribution in [0.3, 0.4) is 0 Å². The van der Waals surface area contributed by atoms with E-state index in [1.165, 1.54) is 0 Å². The molecule has 2 aromatic heterocycles. The summed E-state index contributed by atoms with van der Waals surface area (Å²) in [6.45, 7) is 8.88. The summed E-state index contributed by atoms with van der Waals surface area (Å²) in [4.78, 5) is 8.50. The molecule has 0 bridgehead atoms. The van der Waals surface area contributed by atoms with E-state index in [4.69, 9.17) is 10.5 Å². The number of pyridine rings is 2. The molecule has 4 heteroatoms. The first-order valence-electron chi connectivity index (χ1n) is 7.66. The maximum atomic E-state index is 6.28. The first kappa shape index (κ1) is 16.4. The van der Waals surface area contributed by atoms with E-state index < -0.39 is 0 Å². The number of nitrogens with zero attached hydrogens (tertiary/aromatic N) is 2. The summed E-state index contributed by atoms with van der Waals surface area (Å²) in [5, 5.41) is 0. The van der Waals surface area contributed by atoms with Gasteiger partial charge in [0.2, 0.25) is 0 Å². The highest BCUT2D eigenvalue weighted by molar-refractivity contribution is 5.60. The Labute approximate surface area is 132 Å². The minimum Gasteiger partial charge on any atom is -0.490 e. The van der Waals surface area contributed by atoms with Crippen molar-refractivity contribution in [3.05, 3.63) is 42.4 Å². The monoisotopic (exact) mass is 299 g/mol. The first-order valence-corrected chi connectivity index (χ1v) is 7.66. The molecule has 0 aliphatic heterocycles. The number of rotatable bonds is 6. The average molecular weight is 299 g/mol. The zero-order valence-electron chi connectivity index (χ0n) is 13.8. The van der Waals surface area contributed by atoms with Crippen LogP contribution >= 0.6 is 0 Å². The SMILES string of the molecule is Cc1cc(-c2ccncc2)ncc1OCC(C)(N)CC(C)C. The molecule has 0 aliphatic rings. The van der Waals surface area contributed by atoms with Gasteiger partial charge < -0.3 is 10.5 Å². The van der Waals surface area contributed by atoms with Crippen molar-refractivity contribution >= 4 is 0 Å². The molecule has 4 nitrogen and oxygen atoms in total.